The lowest BCUT2D eigenvalue weighted by Gasteiger charge is -2.07. The van der Waals surface area contributed by atoms with E-state index < -0.39 is 0 Å². The van der Waals surface area contributed by atoms with Crippen LogP contribution in [0.5, 0.6) is 0 Å². The first-order chi connectivity index (χ1) is 4.86. The second-order valence-corrected chi connectivity index (χ2v) is 2.99. The Balaban J connectivity index is 2.15. The monoisotopic (exact) mass is 143 g/mol. The minimum Gasteiger partial charge on any atom is -0.380 e. The van der Waals surface area contributed by atoms with E-state index in [-0.39, 0.29) is 0 Å². The van der Waals surface area contributed by atoms with Crippen LogP contribution in [0, 0.1) is 0 Å². The van der Waals surface area contributed by atoms with Gasteiger partial charge in [0.1, 0.15) is 0 Å². The molecule has 0 aliphatic carbocycles. The molecule has 60 valence electrons. The minimum absolute atomic E-state index is 0.469. The highest BCUT2D eigenvalue weighted by Crippen LogP contribution is 2.13. The van der Waals surface area contributed by atoms with Crippen molar-refractivity contribution in [3.05, 3.63) is 0 Å². The zero-order chi connectivity index (χ0) is 7.40. The summed E-state index contributed by atoms with van der Waals surface area (Å²) in [5.74, 6) is 0. The lowest BCUT2D eigenvalue weighted by Crippen LogP contribution is -2.21. The molecule has 0 radical (unpaired) electrons. The minimum atomic E-state index is 0.469. The van der Waals surface area contributed by atoms with Gasteiger partial charge in [-0.1, -0.05) is 13.3 Å². The van der Waals surface area contributed by atoms with Gasteiger partial charge in [0.15, 0.2) is 0 Å². The van der Waals surface area contributed by atoms with Gasteiger partial charge in [-0.2, -0.15) is 0 Å². The third kappa shape index (κ3) is 1.96. The maximum atomic E-state index is 5.23. The van der Waals surface area contributed by atoms with Gasteiger partial charge >= 0.3 is 0 Å². The van der Waals surface area contributed by atoms with Crippen molar-refractivity contribution in [3.63, 3.8) is 0 Å². The second-order valence-electron chi connectivity index (χ2n) is 2.99. The third-order valence-electron chi connectivity index (χ3n) is 2.15. The summed E-state index contributed by atoms with van der Waals surface area (Å²) in [6.45, 7) is 3.27. The highest BCUT2D eigenvalue weighted by Gasteiger charge is 2.22. The smallest absolute Gasteiger partial charge is 0.0710 e. The lowest BCUT2D eigenvalue weighted by molar-refractivity contribution is 0.117. The summed E-state index contributed by atoms with van der Waals surface area (Å²) in [7, 11) is 1.79. The summed E-state index contributed by atoms with van der Waals surface area (Å²) in [6.07, 6.45) is 4.23. The van der Waals surface area contributed by atoms with Gasteiger partial charge in [0.2, 0.25) is 0 Å². The topological polar surface area (TPSA) is 21.3 Å². The molecule has 0 aromatic rings. The van der Waals surface area contributed by atoms with Crippen molar-refractivity contribution in [2.45, 2.75) is 38.3 Å². The van der Waals surface area contributed by atoms with E-state index >= 15 is 0 Å². The van der Waals surface area contributed by atoms with E-state index in [0.29, 0.717) is 6.10 Å². The molecule has 0 bridgehead atoms. The zero-order valence-corrected chi connectivity index (χ0v) is 6.89. The van der Waals surface area contributed by atoms with Gasteiger partial charge in [0.25, 0.3) is 0 Å². The van der Waals surface area contributed by atoms with Crippen molar-refractivity contribution >= 4 is 0 Å². The molecule has 1 N–H and O–H groups in total. The number of ether oxygens (including phenoxy) is 1. The molecule has 1 aliphatic rings. The molecule has 1 fully saturated rings. The molecule has 0 saturated carbocycles. The van der Waals surface area contributed by atoms with Gasteiger partial charge < -0.3 is 10.1 Å². The van der Waals surface area contributed by atoms with Crippen LogP contribution >= 0.6 is 0 Å². The van der Waals surface area contributed by atoms with Crippen molar-refractivity contribution in [1.82, 2.24) is 5.32 Å². The van der Waals surface area contributed by atoms with E-state index in [1.165, 1.54) is 19.3 Å². The van der Waals surface area contributed by atoms with Crippen LogP contribution in [0.3, 0.4) is 0 Å². The SMILES string of the molecule is CCC[C@H]1C[C@@H](OC)CN1. The van der Waals surface area contributed by atoms with Gasteiger partial charge in [0.05, 0.1) is 6.10 Å². The molecule has 1 rings (SSSR count). The Bertz CT molecular complexity index is 95.3. The Morgan fingerprint density at radius 1 is 1.60 bits per heavy atom. The standard InChI is InChI=1S/C8H17NO/c1-3-4-7-5-8(10-2)6-9-7/h7-9H,3-6H2,1-2H3/t7-,8+/m0/s1. The maximum absolute atomic E-state index is 5.23. The predicted molar refractivity (Wildman–Crippen MR) is 42.1 cm³/mol. The van der Waals surface area contributed by atoms with Crippen LogP contribution in [0.15, 0.2) is 0 Å². The van der Waals surface area contributed by atoms with Crippen molar-refractivity contribution in [2.24, 2.45) is 0 Å². The summed E-state index contributed by atoms with van der Waals surface area (Å²) in [5.41, 5.74) is 0. The van der Waals surface area contributed by atoms with Gasteiger partial charge in [-0.25, -0.2) is 0 Å². The largest absolute Gasteiger partial charge is 0.380 e. The van der Waals surface area contributed by atoms with Gasteiger partial charge in [-0.3, -0.25) is 0 Å². The first-order valence-electron chi connectivity index (χ1n) is 4.13. The number of nitrogens with one attached hydrogen (secondary N) is 1. The molecular formula is C8H17NO. The molecule has 1 heterocycles. The Hall–Kier alpha value is -0.0800. The number of hydrogen-bond donors (Lipinski definition) is 1. The highest BCUT2D eigenvalue weighted by atomic mass is 16.5. The van der Waals surface area contributed by atoms with E-state index in [0.717, 1.165) is 12.6 Å². The first-order valence-corrected chi connectivity index (χ1v) is 4.13. The Kier molecular flexibility index (Phi) is 3.16. The van der Waals surface area contributed by atoms with Gasteiger partial charge in [0, 0.05) is 19.7 Å². The molecule has 0 spiro atoms. The van der Waals surface area contributed by atoms with Crippen LogP contribution in [-0.2, 0) is 4.74 Å². The van der Waals surface area contributed by atoms with Crippen LogP contribution in [0.4, 0.5) is 0 Å². The Morgan fingerprint density at radius 2 is 2.40 bits per heavy atom. The summed E-state index contributed by atoms with van der Waals surface area (Å²) in [5, 5.41) is 3.43. The number of hydrogen-bond acceptors (Lipinski definition) is 2. The van der Waals surface area contributed by atoms with E-state index in [1.807, 2.05) is 0 Å². The molecule has 10 heavy (non-hydrogen) atoms. The fourth-order valence-corrected chi connectivity index (χ4v) is 1.53. The normalized spacial score (nSPS) is 33.0. The van der Waals surface area contributed by atoms with Crippen LogP contribution in [0.25, 0.3) is 0 Å². The van der Waals surface area contributed by atoms with Gasteiger partial charge in [-0.05, 0) is 12.8 Å². The molecule has 0 aromatic heterocycles. The molecule has 0 unspecified atom stereocenters. The van der Waals surface area contributed by atoms with Crippen LogP contribution in [0.1, 0.15) is 26.2 Å². The molecule has 0 aromatic carbocycles. The first kappa shape index (κ1) is 8.02. The molecule has 0 amide bonds. The van der Waals surface area contributed by atoms with Crippen molar-refractivity contribution in [3.8, 4) is 0 Å². The summed E-state index contributed by atoms with van der Waals surface area (Å²) in [6, 6.07) is 0.718. The molecule has 1 aliphatic heterocycles. The van der Waals surface area contributed by atoms with Crippen molar-refractivity contribution < 1.29 is 4.74 Å². The van der Waals surface area contributed by atoms with Crippen LogP contribution in [0.2, 0.25) is 0 Å². The van der Waals surface area contributed by atoms with E-state index in [4.69, 9.17) is 4.74 Å². The number of rotatable bonds is 3. The predicted octanol–water partition coefficient (Wildman–Crippen LogP) is 1.16. The highest BCUT2D eigenvalue weighted by molar-refractivity contribution is 4.81. The Morgan fingerprint density at radius 3 is 2.90 bits per heavy atom. The fourth-order valence-electron chi connectivity index (χ4n) is 1.53. The molecule has 2 atom stereocenters. The molecule has 2 heteroatoms. The zero-order valence-electron chi connectivity index (χ0n) is 6.89. The van der Waals surface area contributed by atoms with Crippen molar-refractivity contribution in [1.29, 1.82) is 0 Å². The summed E-state index contributed by atoms with van der Waals surface area (Å²) in [4.78, 5) is 0. The van der Waals surface area contributed by atoms with E-state index in [9.17, 15) is 0 Å². The second kappa shape index (κ2) is 3.94. The molecule has 1 saturated heterocycles. The average Bonchev–Trinajstić information content (AvgIpc) is 2.37. The Labute approximate surface area is 63.0 Å². The number of methoxy groups -OCH3 is 1. The molecular weight excluding hydrogens is 126 g/mol. The van der Waals surface area contributed by atoms with Crippen LogP contribution < -0.4 is 5.32 Å². The lowest BCUT2D eigenvalue weighted by atomic mass is 10.1. The van der Waals surface area contributed by atoms with E-state index in [2.05, 4.69) is 12.2 Å². The average molecular weight is 143 g/mol. The van der Waals surface area contributed by atoms with Crippen LogP contribution in [-0.4, -0.2) is 25.8 Å². The quantitative estimate of drug-likeness (QED) is 0.640. The van der Waals surface area contributed by atoms with Gasteiger partial charge in [-0.15, -0.1) is 0 Å². The fraction of sp³-hybridized carbons (Fsp3) is 1.00. The summed E-state index contributed by atoms with van der Waals surface area (Å²) < 4.78 is 5.23. The molecule has 2 nitrogen and oxygen atoms in total. The summed E-state index contributed by atoms with van der Waals surface area (Å²) >= 11 is 0. The van der Waals surface area contributed by atoms with E-state index in [1.54, 1.807) is 7.11 Å². The third-order valence-corrected chi connectivity index (χ3v) is 2.15. The maximum Gasteiger partial charge on any atom is 0.0710 e. The van der Waals surface area contributed by atoms with Crippen molar-refractivity contribution in [2.75, 3.05) is 13.7 Å².